The molecule has 45 heavy (non-hydrogen) atoms. The number of aliphatic carboxylic acids is 1. The van der Waals surface area contributed by atoms with Crippen LogP contribution in [0.4, 0.5) is 11.8 Å². The number of piperidine rings is 1. The van der Waals surface area contributed by atoms with Crippen LogP contribution in [0.3, 0.4) is 0 Å². The lowest BCUT2D eigenvalue weighted by molar-refractivity contribution is -0.139. The van der Waals surface area contributed by atoms with Crippen molar-refractivity contribution in [3.63, 3.8) is 0 Å². The number of carboxylic acid groups (broad SMARTS) is 1. The van der Waals surface area contributed by atoms with E-state index in [1.807, 2.05) is 13.0 Å². The molecule has 0 unspecified atom stereocenters. The summed E-state index contributed by atoms with van der Waals surface area (Å²) < 4.78 is 0. The molecule has 15 nitrogen and oxygen atoms in total. The molecule has 2 aromatic heterocycles. The Bertz CT molecular complexity index is 1180. The van der Waals surface area contributed by atoms with Crippen molar-refractivity contribution in [1.29, 1.82) is 0 Å². The van der Waals surface area contributed by atoms with E-state index in [4.69, 9.17) is 10.8 Å². The number of hydrogen-bond donors (Lipinski definition) is 6. The maximum Gasteiger partial charge on any atom is 0.320 e. The SMILES string of the molecule is CCc1cc(NC2CCN(C(=O)CC[C@H](N)C(=O)O)CC2)nc(NCc2nnn(CCCNCCCNC3CCCCC3)n2)n1. The Morgan fingerprint density at radius 1 is 1.04 bits per heavy atom. The van der Waals surface area contributed by atoms with Crippen molar-refractivity contribution in [3.05, 3.63) is 17.6 Å². The number of anilines is 2. The summed E-state index contributed by atoms with van der Waals surface area (Å²) >= 11 is 0. The highest BCUT2D eigenvalue weighted by atomic mass is 16.4. The van der Waals surface area contributed by atoms with Crippen LogP contribution in [0.25, 0.3) is 0 Å². The van der Waals surface area contributed by atoms with E-state index in [-0.39, 0.29) is 24.8 Å². The molecule has 1 atom stereocenters. The second kappa shape index (κ2) is 18.5. The zero-order valence-corrected chi connectivity index (χ0v) is 26.7. The first-order valence-electron chi connectivity index (χ1n) is 16.7. The van der Waals surface area contributed by atoms with Gasteiger partial charge in [0, 0.05) is 43.4 Å². The molecular formula is C30H52N12O3. The number of nitrogens with zero attached hydrogens (tertiary/aromatic N) is 7. The molecule has 4 rings (SSSR count). The van der Waals surface area contributed by atoms with Gasteiger partial charge in [0.15, 0.2) is 5.82 Å². The predicted molar refractivity (Wildman–Crippen MR) is 172 cm³/mol. The second-order valence-electron chi connectivity index (χ2n) is 12.1. The summed E-state index contributed by atoms with van der Waals surface area (Å²) in [4.78, 5) is 36.1. The van der Waals surface area contributed by atoms with Crippen LogP contribution in [-0.4, -0.2) is 103 Å². The largest absolute Gasteiger partial charge is 0.480 e. The zero-order chi connectivity index (χ0) is 31.9. The van der Waals surface area contributed by atoms with E-state index in [0.29, 0.717) is 38.0 Å². The summed E-state index contributed by atoms with van der Waals surface area (Å²) in [5.74, 6) is 0.675. The zero-order valence-electron chi connectivity index (χ0n) is 26.7. The smallest absolute Gasteiger partial charge is 0.320 e. The maximum absolute atomic E-state index is 12.5. The molecule has 0 aromatic carbocycles. The van der Waals surface area contributed by atoms with Gasteiger partial charge in [0.1, 0.15) is 11.9 Å². The van der Waals surface area contributed by atoms with Gasteiger partial charge in [0.2, 0.25) is 11.9 Å². The van der Waals surface area contributed by atoms with Crippen LogP contribution in [0.15, 0.2) is 6.07 Å². The summed E-state index contributed by atoms with van der Waals surface area (Å²) in [6, 6.07) is 1.83. The van der Waals surface area contributed by atoms with Crippen LogP contribution in [0, 0.1) is 0 Å². The minimum atomic E-state index is -1.08. The van der Waals surface area contributed by atoms with Gasteiger partial charge < -0.3 is 37.0 Å². The molecule has 2 fully saturated rings. The van der Waals surface area contributed by atoms with Gasteiger partial charge in [-0.25, -0.2) is 4.98 Å². The van der Waals surface area contributed by atoms with Crippen molar-refractivity contribution in [2.75, 3.05) is 43.4 Å². The number of carboxylic acids is 1. The average Bonchev–Trinajstić information content (AvgIpc) is 3.52. The Morgan fingerprint density at radius 3 is 2.58 bits per heavy atom. The standard InChI is InChI=1S/C30H52N12O3/c1-2-22-20-26(35-24-12-18-41(19-13-24)28(43)11-10-25(31)29(44)45)37-30(36-22)34-21-27-38-40-42(39-27)17-7-15-32-14-6-16-33-23-8-4-3-5-9-23/h20,23-25,32-33H,2-19,21,31H2,1H3,(H,44,45)(H2,34,35,36,37)/t25-/m0/s1. The van der Waals surface area contributed by atoms with E-state index in [0.717, 1.165) is 69.3 Å². The fourth-order valence-corrected chi connectivity index (χ4v) is 5.77. The van der Waals surface area contributed by atoms with Crippen molar-refractivity contribution in [2.24, 2.45) is 5.73 Å². The topological polar surface area (TPSA) is 201 Å². The second-order valence-corrected chi connectivity index (χ2v) is 12.1. The number of aryl methyl sites for hydroxylation is 2. The molecule has 1 saturated heterocycles. The Balaban J connectivity index is 1.12. The first-order valence-corrected chi connectivity index (χ1v) is 16.7. The molecule has 0 radical (unpaired) electrons. The van der Waals surface area contributed by atoms with Gasteiger partial charge in [0.05, 0.1) is 13.1 Å². The maximum atomic E-state index is 12.5. The number of carbonyl (C=O) groups excluding carboxylic acids is 1. The highest BCUT2D eigenvalue weighted by Gasteiger charge is 2.24. The highest BCUT2D eigenvalue weighted by molar-refractivity contribution is 5.78. The molecule has 250 valence electrons. The minimum Gasteiger partial charge on any atom is -0.480 e. The van der Waals surface area contributed by atoms with Gasteiger partial charge in [-0.2, -0.15) is 9.78 Å². The molecule has 2 aromatic rings. The summed E-state index contributed by atoms with van der Waals surface area (Å²) in [7, 11) is 0. The van der Waals surface area contributed by atoms with Gasteiger partial charge in [-0.05, 0) is 76.2 Å². The third kappa shape index (κ3) is 12.1. The number of hydrogen-bond acceptors (Lipinski definition) is 12. The van der Waals surface area contributed by atoms with Crippen LogP contribution in [0.1, 0.15) is 89.1 Å². The van der Waals surface area contributed by atoms with E-state index in [1.54, 1.807) is 9.70 Å². The van der Waals surface area contributed by atoms with E-state index in [2.05, 4.69) is 46.6 Å². The van der Waals surface area contributed by atoms with Crippen molar-refractivity contribution >= 4 is 23.6 Å². The number of aromatic nitrogens is 6. The predicted octanol–water partition coefficient (Wildman–Crippen LogP) is 1.52. The van der Waals surface area contributed by atoms with Crippen molar-refractivity contribution < 1.29 is 14.7 Å². The molecule has 2 aliphatic rings. The van der Waals surface area contributed by atoms with Gasteiger partial charge >= 0.3 is 5.97 Å². The van der Waals surface area contributed by atoms with Crippen LogP contribution in [0.2, 0.25) is 0 Å². The number of rotatable bonds is 19. The van der Waals surface area contributed by atoms with E-state index in [1.165, 1.54) is 32.1 Å². The normalized spacial score (nSPS) is 16.9. The van der Waals surface area contributed by atoms with Crippen molar-refractivity contribution in [2.45, 2.75) is 115 Å². The summed E-state index contributed by atoms with van der Waals surface area (Å²) in [6.45, 7) is 7.34. The lowest BCUT2D eigenvalue weighted by Gasteiger charge is -2.33. The number of amides is 1. The van der Waals surface area contributed by atoms with E-state index < -0.39 is 12.0 Å². The molecular weight excluding hydrogens is 576 g/mol. The highest BCUT2D eigenvalue weighted by Crippen LogP contribution is 2.19. The minimum absolute atomic E-state index is 0.0536. The number of nitrogens with one attached hydrogen (secondary N) is 4. The van der Waals surface area contributed by atoms with Crippen molar-refractivity contribution in [3.8, 4) is 0 Å². The Labute approximate surface area is 265 Å². The molecule has 0 spiro atoms. The lowest BCUT2D eigenvalue weighted by atomic mass is 9.95. The first-order chi connectivity index (χ1) is 21.9. The average molecular weight is 629 g/mol. The van der Waals surface area contributed by atoms with Crippen LogP contribution < -0.4 is 27.0 Å². The lowest BCUT2D eigenvalue weighted by Crippen LogP contribution is -2.43. The number of likely N-dealkylation sites (tertiary alicyclic amines) is 1. The first kappa shape index (κ1) is 34.4. The summed E-state index contributed by atoms with van der Waals surface area (Å²) in [6.07, 6.45) is 11.4. The third-order valence-corrected chi connectivity index (χ3v) is 8.51. The molecule has 0 bridgehead atoms. The Morgan fingerprint density at radius 2 is 1.82 bits per heavy atom. The summed E-state index contributed by atoms with van der Waals surface area (Å²) in [5.41, 5.74) is 6.44. The molecule has 15 heteroatoms. The molecule has 1 amide bonds. The van der Waals surface area contributed by atoms with Crippen molar-refractivity contribution in [1.82, 2.24) is 45.7 Å². The van der Waals surface area contributed by atoms with Crippen LogP contribution in [0.5, 0.6) is 0 Å². The Hall–Kier alpha value is -3.43. The molecule has 3 heterocycles. The van der Waals surface area contributed by atoms with Gasteiger partial charge in [0.25, 0.3) is 0 Å². The number of carbonyl (C=O) groups is 2. The quantitative estimate of drug-likeness (QED) is 0.122. The molecule has 7 N–H and O–H groups in total. The number of tetrazole rings is 1. The molecule has 1 aliphatic carbocycles. The van der Waals surface area contributed by atoms with Gasteiger partial charge in [-0.3, -0.25) is 9.59 Å². The molecule has 1 saturated carbocycles. The molecule has 1 aliphatic heterocycles. The van der Waals surface area contributed by atoms with Gasteiger partial charge in [-0.15, -0.1) is 10.2 Å². The van der Waals surface area contributed by atoms with Crippen LogP contribution >= 0.6 is 0 Å². The third-order valence-electron chi connectivity index (χ3n) is 8.51. The van der Waals surface area contributed by atoms with E-state index in [9.17, 15) is 9.59 Å². The Kier molecular flexibility index (Phi) is 14.2. The van der Waals surface area contributed by atoms with Gasteiger partial charge in [-0.1, -0.05) is 26.2 Å². The fraction of sp³-hybridized carbons (Fsp3) is 0.767. The fourth-order valence-electron chi connectivity index (χ4n) is 5.77. The monoisotopic (exact) mass is 628 g/mol. The number of nitrogens with two attached hydrogens (primary N) is 1. The van der Waals surface area contributed by atoms with Crippen LogP contribution in [-0.2, 0) is 29.1 Å². The van der Waals surface area contributed by atoms with E-state index >= 15 is 0 Å². The summed E-state index contributed by atoms with van der Waals surface area (Å²) in [5, 5.41) is 35.7.